The van der Waals surface area contributed by atoms with Crippen LogP contribution in [-0.4, -0.2) is 10.9 Å². The van der Waals surface area contributed by atoms with Crippen molar-refractivity contribution in [1.29, 1.82) is 0 Å². The lowest BCUT2D eigenvalue weighted by molar-refractivity contribution is 0.102. The van der Waals surface area contributed by atoms with E-state index >= 15 is 0 Å². The minimum absolute atomic E-state index is 0.196. The Hall–Kier alpha value is -1.88. The fourth-order valence-corrected chi connectivity index (χ4v) is 2.13. The van der Waals surface area contributed by atoms with E-state index in [0.29, 0.717) is 11.4 Å². The van der Waals surface area contributed by atoms with Gasteiger partial charge in [-0.1, -0.05) is 22.0 Å². The first-order valence-electron chi connectivity index (χ1n) is 5.78. The van der Waals surface area contributed by atoms with Gasteiger partial charge in [-0.2, -0.15) is 0 Å². The Morgan fingerprint density at radius 2 is 2.05 bits per heavy atom. The van der Waals surface area contributed by atoms with Crippen LogP contribution in [0.4, 0.5) is 11.5 Å². The van der Waals surface area contributed by atoms with Gasteiger partial charge in [-0.15, -0.1) is 0 Å². The number of anilines is 2. The van der Waals surface area contributed by atoms with Gasteiger partial charge >= 0.3 is 0 Å². The van der Waals surface area contributed by atoms with Crippen molar-refractivity contribution in [2.45, 2.75) is 13.8 Å². The van der Waals surface area contributed by atoms with Crippen LogP contribution in [0, 0.1) is 13.8 Å². The van der Waals surface area contributed by atoms with E-state index in [1.807, 2.05) is 25.1 Å². The average molecular weight is 320 g/mol. The molecule has 19 heavy (non-hydrogen) atoms. The molecule has 0 aliphatic carbocycles. The van der Waals surface area contributed by atoms with Crippen molar-refractivity contribution >= 4 is 33.3 Å². The largest absolute Gasteiger partial charge is 0.384 e. The first kappa shape index (κ1) is 13.5. The Bertz CT molecular complexity index is 620. The third-order valence-electron chi connectivity index (χ3n) is 2.75. The van der Waals surface area contributed by atoms with Gasteiger partial charge < -0.3 is 11.1 Å². The second-order valence-electron chi connectivity index (χ2n) is 4.29. The third-order valence-corrected chi connectivity index (χ3v) is 3.61. The molecule has 1 aromatic carbocycles. The predicted molar refractivity (Wildman–Crippen MR) is 80.2 cm³/mol. The molecule has 0 saturated heterocycles. The number of carbonyl (C=O) groups excluding carboxylic acids is 1. The number of aryl methyl sites for hydroxylation is 1. The SMILES string of the molecule is Cc1cc(C(=O)Nc2cccc(Br)c2C)cc(N)n1. The molecule has 2 aromatic rings. The minimum atomic E-state index is -0.196. The molecule has 0 radical (unpaired) electrons. The standard InChI is InChI=1S/C14H14BrN3O/c1-8-6-10(7-13(16)17-8)14(19)18-12-5-3-4-11(15)9(12)2/h3-7H,1-2H3,(H2,16,17)(H,18,19). The highest BCUT2D eigenvalue weighted by atomic mass is 79.9. The number of hydrogen-bond donors (Lipinski definition) is 2. The number of hydrogen-bond acceptors (Lipinski definition) is 3. The number of nitrogens with zero attached hydrogens (tertiary/aromatic N) is 1. The normalized spacial score (nSPS) is 10.3. The summed E-state index contributed by atoms with van der Waals surface area (Å²) >= 11 is 3.43. The van der Waals surface area contributed by atoms with E-state index in [9.17, 15) is 4.79 Å². The molecule has 0 fully saturated rings. The van der Waals surface area contributed by atoms with Crippen molar-refractivity contribution in [2.24, 2.45) is 0 Å². The maximum atomic E-state index is 12.2. The van der Waals surface area contributed by atoms with E-state index in [2.05, 4.69) is 26.2 Å². The number of amides is 1. The van der Waals surface area contributed by atoms with E-state index in [-0.39, 0.29) is 5.91 Å². The summed E-state index contributed by atoms with van der Waals surface area (Å²) in [6.07, 6.45) is 0. The maximum absolute atomic E-state index is 12.2. The molecule has 5 heteroatoms. The van der Waals surface area contributed by atoms with Crippen molar-refractivity contribution in [1.82, 2.24) is 4.98 Å². The Labute approximate surface area is 120 Å². The lowest BCUT2D eigenvalue weighted by atomic mass is 10.1. The summed E-state index contributed by atoms with van der Waals surface area (Å²) in [5, 5.41) is 2.87. The van der Waals surface area contributed by atoms with Gasteiger partial charge in [-0.3, -0.25) is 4.79 Å². The second kappa shape index (κ2) is 5.40. The number of carbonyl (C=O) groups is 1. The van der Waals surface area contributed by atoms with Gasteiger partial charge in [0.2, 0.25) is 0 Å². The second-order valence-corrected chi connectivity index (χ2v) is 5.14. The van der Waals surface area contributed by atoms with Crippen LogP contribution >= 0.6 is 15.9 Å². The summed E-state index contributed by atoms with van der Waals surface area (Å²) in [6.45, 7) is 3.74. The number of aromatic nitrogens is 1. The van der Waals surface area contributed by atoms with Crippen molar-refractivity contribution in [3.05, 3.63) is 51.6 Å². The third kappa shape index (κ3) is 3.12. The number of benzene rings is 1. The molecule has 0 unspecified atom stereocenters. The molecule has 0 aliphatic heterocycles. The first-order valence-corrected chi connectivity index (χ1v) is 6.57. The van der Waals surface area contributed by atoms with Crippen LogP contribution < -0.4 is 11.1 Å². The molecule has 0 aliphatic rings. The molecule has 0 bridgehead atoms. The highest BCUT2D eigenvalue weighted by Gasteiger charge is 2.10. The minimum Gasteiger partial charge on any atom is -0.384 e. The van der Waals surface area contributed by atoms with Gasteiger partial charge in [-0.25, -0.2) is 4.98 Å². The van der Waals surface area contributed by atoms with Crippen molar-refractivity contribution in [3.63, 3.8) is 0 Å². The number of rotatable bonds is 2. The summed E-state index contributed by atoms with van der Waals surface area (Å²) in [4.78, 5) is 16.2. The molecule has 1 aromatic heterocycles. The Kier molecular flexibility index (Phi) is 3.85. The fourth-order valence-electron chi connectivity index (χ4n) is 1.76. The monoisotopic (exact) mass is 319 g/mol. The van der Waals surface area contributed by atoms with Crippen LogP contribution in [0.1, 0.15) is 21.6 Å². The van der Waals surface area contributed by atoms with Gasteiger partial charge in [0.1, 0.15) is 5.82 Å². The Morgan fingerprint density at radius 1 is 1.32 bits per heavy atom. The summed E-state index contributed by atoms with van der Waals surface area (Å²) in [6, 6.07) is 8.93. The number of nitrogens with one attached hydrogen (secondary N) is 1. The zero-order valence-corrected chi connectivity index (χ0v) is 12.3. The lowest BCUT2D eigenvalue weighted by Gasteiger charge is -2.10. The summed E-state index contributed by atoms with van der Waals surface area (Å²) in [5.74, 6) is 0.148. The van der Waals surface area contributed by atoms with Gasteiger partial charge in [0, 0.05) is 21.4 Å². The maximum Gasteiger partial charge on any atom is 0.255 e. The molecule has 98 valence electrons. The van der Waals surface area contributed by atoms with Gasteiger partial charge in [0.05, 0.1) is 0 Å². The fraction of sp³-hybridized carbons (Fsp3) is 0.143. The average Bonchev–Trinajstić information content (AvgIpc) is 2.33. The molecule has 2 rings (SSSR count). The molecule has 0 saturated carbocycles. The van der Waals surface area contributed by atoms with Crippen LogP contribution in [0.5, 0.6) is 0 Å². The molecule has 1 heterocycles. The van der Waals surface area contributed by atoms with E-state index in [4.69, 9.17) is 5.73 Å². The van der Waals surface area contributed by atoms with Crippen molar-refractivity contribution < 1.29 is 4.79 Å². The van der Waals surface area contributed by atoms with E-state index in [1.165, 1.54) is 0 Å². The molecular weight excluding hydrogens is 306 g/mol. The summed E-state index contributed by atoms with van der Waals surface area (Å²) in [7, 11) is 0. The zero-order chi connectivity index (χ0) is 14.0. The number of nitrogens with two attached hydrogens (primary N) is 1. The van der Waals surface area contributed by atoms with Crippen molar-refractivity contribution in [2.75, 3.05) is 11.1 Å². The molecule has 3 N–H and O–H groups in total. The predicted octanol–water partition coefficient (Wildman–Crippen LogP) is 3.30. The number of nitrogen functional groups attached to an aromatic ring is 1. The zero-order valence-electron chi connectivity index (χ0n) is 10.7. The quantitative estimate of drug-likeness (QED) is 0.892. The van der Waals surface area contributed by atoms with Crippen LogP contribution in [0.15, 0.2) is 34.8 Å². The first-order chi connectivity index (χ1) is 8.97. The Morgan fingerprint density at radius 3 is 2.74 bits per heavy atom. The van der Waals surface area contributed by atoms with Crippen LogP contribution in [0.3, 0.4) is 0 Å². The van der Waals surface area contributed by atoms with E-state index in [0.717, 1.165) is 21.4 Å². The molecule has 1 amide bonds. The number of pyridine rings is 1. The summed E-state index contributed by atoms with van der Waals surface area (Å²) < 4.78 is 0.954. The lowest BCUT2D eigenvalue weighted by Crippen LogP contribution is -2.14. The molecule has 0 atom stereocenters. The highest BCUT2D eigenvalue weighted by molar-refractivity contribution is 9.10. The molecule has 0 spiro atoms. The Balaban J connectivity index is 2.28. The van der Waals surface area contributed by atoms with Gasteiger partial charge in [-0.05, 0) is 43.7 Å². The molecular formula is C14H14BrN3O. The number of halogens is 1. The van der Waals surface area contributed by atoms with Gasteiger partial charge in [0.15, 0.2) is 0 Å². The highest BCUT2D eigenvalue weighted by Crippen LogP contribution is 2.24. The topological polar surface area (TPSA) is 68.0 Å². The van der Waals surface area contributed by atoms with Crippen LogP contribution in [0.25, 0.3) is 0 Å². The van der Waals surface area contributed by atoms with Crippen LogP contribution in [-0.2, 0) is 0 Å². The van der Waals surface area contributed by atoms with Gasteiger partial charge in [0.25, 0.3) is 5.91 Å². The van der Waals surface area contributed by atoms with Crippen LogP contribution in [0.2, 0.25) is 0 Å². The van der Waals surface area contributed by atoms with Crippen molar-refractivity contribution in [3.8, 4) is 0 Å². The molecule has 4 nitrogen and oxygen atoms in total. The smallest absolute Gasteiger partial charge is 0.255 e. The summed E-state index contributed by atoms with van der Waals surface area (Å²) in [5.41, 5.74) is 8.62. The van der Waals surface area contributed by atoms with E-state index < -0.39 is 0 Å². The van der Waals surface area contributed by atoms with E-state index in [1.54, 1.807) is 19.1 Å².